The molecule has 1 spiro atoms. The molecular weight excluding hydrogens is 525 g/mol. The molecule has 0 radical (unpaired) electrons. The Morgan fingerprint density at radius 3 is 2.51 bits per heavy atom. The first-order chi connectivity index (χ1) is 19.7. The van der Waals surface area contributed by atoms with E-state index in [1.165, 1.54) is 13.2 Å². The van der Waals surface area contributed by atoms with Gasteiger partial charge in [0.25, 0.3) is 5.91 Å². The monoisotopic (exact) mass is 567 g/mol. The lowest BCUT2D eigenvalue weighted by Crippen LogP contribution is -2.58. The minimum atomic E-state index is -0.527. The molecule has 6 rings (SSSR count). The van der Waals surface area contributed by atoms with Gasteiger partial charge < -0.3 is 20.3 Å². The number of H-pyrrole nitrogens is 1. The van der Waals surface area contributed by atoms with Crippen LogP contribution in [0.1, 0.15) is 75.7 Å². The van der Waals surface area contributed by atoms with Crippen molar-refractivity contribution in [2.24, 2.45) is 5.92 Å². The van der Waals surface area contributed by atoms with E-state index in [9.17, 15) is 14.0 Å². The van der Waals surface area contributed by atoms with E-state index in [2.05, 4.69) is 44.6 Å². The van der Waals surface area contributed by atoms with E-state index in [0.717, 1.165) is 57.8 Å². The lowest BCUT2D eigenvalue weighted by molar-refractivity contribution is -0.128. The Morgan fingerprint density at radius 1 is 1.10 bits per heavy atom. The molecule has 0 bridgehead atoms. The minimum absolute atomic E-state index is 0.0812. The second kappa shape index (κ2) is 11.3. The van der Waals surface area contributed by atoms with Gasteiger partial charge in [-0.25, -0.2) is 9.37 Å². The molecule has 3 N–H and O–H groups in total. The van der Waals surface area contributed by atoms with Gasteiger partial charge in [0.15, 0.2) is 11.5 Å². The van der Waals surface area contributed by atoms with E-state index in [1.54, 1.807) is 6.07 Å². The number of piperazine rings is 1. The zero-order chi connectivity index (χ0) is 28.7. The van der Waals surface area contributed by atoms with Crippen LogP contribution in [0.4, 0.5) is 4.39 Å². The van der Waals surface area contributed by atoms with Crippen LogP contribution in [-0.2, 0) is 4.79 Å². The number of halogens is 1. The minimum Gasteiger partial charge on any atom is -0.481 e. The van der Waals surface area contributed by atoms with E-state index in [0.29, 0.717) is 43.2 Å². The summed E-state index contributed by atoms with van der Waals surface area (Å²) in [5, 5.41) is 14.0. The zero-order valence-electron chi connectivity index (χ0n) is 24.3. The smallest absolute Gasteiger partial charge is 0.274 e. The van der Waals surface area contributed by atoms with Crippen molar-refractivity contribution in [1.82, 2.24) is 35.6 Å². The van der Waals surface area contributed by atoms with Crippen molar-refractivity contribution in [3.8, 4) is 17.1 Å². The Morgan fingerprint density at radius 2 is 1.83 bits per heavy atom. The third kappa shape index (κ3) is 5.83. The molecule has 222 valence electrons. The number of rotatable bonds is 6. The average Bonchev–Trinajstić information content (AvgIpc) is 3.54. The number of nitrogens with one attached hydrogen (secondary N) is 3. The number of aromatic amines is 1. The zero-order valence-corrected chi connectivity index (χ0v) is 24.3. The predicted molar refractivity (Wildman–Crippen MR) is 152 cm³/mol. The average molecular weight is 568 g/mol. The number of pyridine rings is 1. The predicted octanol–water partition coefficient (Wildman–Crippen LogP) is 3.11. The summed E-state index contributed by atoms with van der Waals surface area (Å²) in [5.41, 5.74) is 0.594. The Balaban J connectivity index is 1.03. The van der Waals surface area contributed by atoms with Gasteiger partial charge in [-0.3, -0.25) is 19.6 Å². The number of methoxy groups -OCH3 is 1. The molecule has 2 aliphatic carbocycles. The molecule has 2 aromatic heterocycles. The summed E-state index contributed by atoms with van der Waals surface area (Å²) in [6.07, 6.45) is 8.50. The second-order valence-corrected chi connectivity index (χ2v) is 12.7. The highest BCUT2D eigenvalue weighted by atomic mass is 19.1. The molecule has 2 saturated heterocycles. The topological polar surface area (TPSA) is 115 Å². The van der Waals surface area contributed by atoms with Gasteiger partial charge in [-0.15, -0.1) is 0 Å². The number of likely N-dealkylation sites (tertiary alicyclic amines) is 1. The molecule has 0 aromatic carbocycles. The summed E-state index contributed by atoms with van der Waals surface area (Å²) in [7, 11) is 1.46. The van der Waals surface area contributed by atoms with Crippen molar-refractivity contribution in [3.63, 3.8) is 0 Å². The lowest BCUT2D eigenvalue weighted by Gasteiger charge is -2.44. The molecule has 10 nitrogen and oxygen atoms in total. The molecule has 4 heterocycles. The Hall–Kier alpha value is -3.05. The fourth-order valence-electron chi connectivity index (χ4n) is 7.37. The van der Waals surface area contributed by atoms with Crippen LogP contribution in [0, 0.1) is 11.7 Å². The van der Waals surface area contributed by atoms with E-state index in [-0.39, 0.29) is 46.5 Å². The van der Waals surface area contributed by atoms with Crippen LogP contribution < -0.4 is 15.4 Å². The van der Waals surface area contributed by atoms with E-state index in [4.69, 9.17) is 4.74 Å². The van der Waals surface area contributed by atoms with Gasteiger partial charge in [-0.05, 0) is 71.3 Å². The largest absolute Gasteiger partial charge is 0.481 e. The second-order valence-electron chi connectivity index (χ2n) is 12.7. The summed E-state index contributed by atoms with van der Waals surface area (Å²) in [6.45, 7) is 7.23. The first kappa shape index (κ1) is 28.1. The number of ether oxygens (including phenoxy) is 1. The van der Waals surface area contributed by atoms with Crippen LogP contribution >= 0.6 is 0 Å². The number of carbonyl (C=O) groups excluding carboxylic acids is 2. The number of amides is 2. The van der Waals surface area contributed by atoms with Crippen LogP contribution in [0.5, 0.6) is 5.88 Å². The van der Waals surface area contributed by atoms with Crippen molar-refractivity contribution in [1.29, 1.82) is 0 Å². The van der Waals surface area contributed by atoms with Crippen molar-refractivity contribution in [2.45, 2.75) is 94.9 Å². The molecular formula is C30H42FN7O3. The third-order valence-electron chi connectivity index (χ3n) is 9.62. The maximum absolute atomic E-state index is 14.4. The fraction of sp³-hybridized carbons (Fsp3) is 0.667. The van der Waals surface area contributed by atoms with Gasteiger partial charge in [-0.2, -0.15) is 5.10 Å². The highest BCUT2D eigenvalue weighted by Crippen LogP contribution is 2.50. The number of nitrogens with zero attached hydrogens (tertiary/aromatic N) is 4. The molecule has 11 heteroatoms. The summed E-state index contributed by atoms with van der Waals surface area (Å²) in [5.74, 6) is -0.374. The fourth-order valence-corrected chi connectivity index (χ4v) is 7.37. The highest BCUT2D eigenvalue weighted by molar-refractivity contribution is 5.94. The van der Waals surface area contributed by atoms with E-state index >= 15 is 0 Å². The summed E-state index contributed by atoms with van der Waals surface area (Å²) >= 11 is 0. The van der Waals surface area contributed by atoms with Crippen molar-refractivity contribution in [3.05, 3.63) is 29.8 Å². The number of piperidine rings is 1. The maximum atomic E-state index is 14.4. The summed E-state index contributed by atoms with van der Waals surface area (Å²) in [4.78, 5) is 35.2. The van der Waals surface area contributed by atoms with Gasteiger partial charge in [0.1, 0.15) is 0 Å². The van der Waals surface area contributed by atoms with Crippen molar-refractivity contribution >= 4 is 11.8 Å². The number of hydrogen-bond acceptors (Lipinski definition) is 7. The molecule has 2 saturated carbocycles. The van der Waals surface area contributed by atoms with Crippen molar-refractivity contribution < 1.29 is 18.7 Å². The quantitative estimate of drug-likeness (QED) is 0.491. The highest BCUT2D eigenvalue weighted by Gasteiger charge is 2.55. The molecule has 2 amide bonds. The van der Waals surface area contributed by atoms with Gasteiger partial charge >= 0.3 is 0 Å². The molecule has 4 fully saturated rings. The Bertz CT molecular complexity index is 1260. The van der Waals surface area contributed by atoms with Gasteiger partial charge in [0, 0.05) is 66.9 Å². The number of aromatic nitrogens is 3. The molecule has 3 atom stereocenters. The van der Waals surface area contributed by atoms with Crippen LogP contribution in [0.15, 0.2) is 18.3 Å². The van der Waals surface area contributed by atoms with Gasteiger partial charge in [0.05, 0.1) is 19.0 Å². The molecule has 0 unspecified atom stereocenters. The summed E-state index contributed by atoms with van der Waals surface area (Å²) < 4.78 is 19.5. The van der Waals surface area contributed by atoms with Gasteiger partial charge in [-0.1, -0.05) is 0 Å². The number of carbonyl (C=O) groups is 2. The maximum Gasteiger partial charge on any atom is 0.274 e. The first-order valence-electron chi connectivity index (χ1n) is 15.1. The normalized spacial score (nSPS) is 29.8. The Kier molecular flexibility index (Phi) is 7.76. The molecule has 4 aliphatic rings. The van der Waals surface area contributed by atoms with Crippen LogP contribution in [0.3, 0.4) is 0 Å². The van der Waals surface area contributed by atoms with E-state index in [1.807, 2.05) is 4.90 Å². The van der Waals surface area contributed by atoms with E-state index < -0.39 is 5.82 Å². The molecule has 2 aromatic rings. The van der Waals surface area contributed by atoms with Crippen molar-refractivity contribution in [2.75, 3.05) is 26.7 Å². The SMILES string of the molecule is COc1cc(-c2cc(C(=O)N3CC[C@H](C(=O)N[C@H]4CC[C@@H](N5C[C@@H](C)N[C@@H](C)C5)CC4)CC34CC4)n[nH]2)c(F)cn1. The lowest BCUT2D eigenvalue weighted by atomic mass is 9.86. The Labute approximate surface area is 240 Å². The standard InChI is InChI=1S/C30H42FN7O3/c1-18-16-37(17-19(2)33-18)22-6-4-21(5-7-22)34-28(39)20-8-11-38(30(14-20)9-10-30)29(40)26-13-25(35-36-26)23-12-27(41-3)32-15-24(23)31/h12-13,15,18-22,33H,4-11,14,16-17H2,1-3H3,(H,34,39)(H,35,36)/t18-,19+,20-,21-,22+/m0/s1. The van der Waals surface area contributed by atoms with Crippen LogP contribution in [-0.4, -0.2) is 93.2 Å². The molecule has 2 aliphatic heterocycles. The third-order valence-corrected chi connectivity index (χ3v) is 9.62. The molecule has 41 heavy (non-hydrogen) atoms. The van der Waals surface area contributed by atoms with Crippen LogP contribution in [0.2, 0.25) is 0 Å². The number of hydrogen-bond donors (Lipinski definition) is 3. The summed E-state index contributed by atoms with van der Waals surface area (Å²) in [6, 6.07) is 4.94. The van der Waals surface area contributed by atoms with Crippen LogP contribution in [0.25, 0.3) is 11.3 Å². The van der Waals surface area contributed by atoms with Gasteiger partial charge in [0.2, 0.25) is 11.8 Å². The first-order valence-corrected chi connectivity index (χ1v) is 15.1.